The zero-order valence-corrected chi connectivity index (χ0v) is 13.5. The Morgan fingerprint density at radius 3 is 2.90 bits per heavy atom. The van der Waals surface area contributed by atoms with E-state index in [0.29, 0.717) is 16.9 Å². The van der Waals surface area contributed by atoms with Gasteiger partial charge >= 0.3 is 0 Å². The van der Waals surface area contributed by atoms with Crippen molar-refractivity contribution in [1.29, 1.82) is 0 Å². The largest absolute Gasteiger partial charge is 0.394 e. The number of aliphatic hydroxyl groups is 2. The van der Waals surface area contributed by atoms with Crippen LogP contribution in [0.1, 0.15) is 11.9 Å². The first-order chi connectivity index (χ1) is 9.13. The van der Waals surface area contributed by atoms with E-state index in [2.05, 4.69) is 21.3 Å². The Balaban J connectivity index is 0.00000147. The molecule has 0 aromatic carbocycles. The van der Waals surface area contributed by atoms with Gasteiger partial charge in [-0.15, -0.1) is 0 Å². The van der Waals surface area contributed by atoms with Gasteiger partial charge in [-0.2, -0.15) is 0 Å². The number of hydrogen-bond acceptors (Lipinski definition) is 6. The normalized spacial score (nSPS) is 29.6. The molecule has 1 saturated heterocycles. The Bertz CT molecular complexity index is 610. The summed E-state index contributed by atoms with van der Waals surface area (Å²) in [5.74, 6) is 0. The topological polar surface area (TPSA) is 93.3 Å². The van der Waals surface area contributed by atoms with Crippen LogP contribution in [0.15, 0.2) is 6.33 Å². The average molecular weight is 356 g/mol. The summed E-state index contributed by atoms with van der Waals surface area (Å²) in [5, 5.41) is 18.6. The molecule has 1 fully saturated rings. The molecular weight excluding hydrogens is 344 g/mol. The molecule has 20 heavy (non-hydrogen) atoms. The Morgan fingerprint density at radius 2 is 2.25 bits per heavy atom. The molecule has 1 aliphatic rings. The number of fused-ring (bicyclic) bond motifs is 1. The van der Waals surface area contributed by atoms with E-state index < -0.39 is 31.2 Å². The molecule has 105 valence electrons. The number of nitrogens with zero attached hydrogens (tertiary/aromatic N) is 4. The third kappa shape index (κ3) is 2.39. The Kier molecular flexibility index (Phi) is 4.81. The minimum atomic E-state index is -1.66. The summed E-state index contributed by atoms with van der Waals surface area (Å²) in [6.07, 6.45) is -1.23. The van der Waals surface area contributed by atoms with Gasteiger partial charge in [-0.05, 0) is 5.69 Å². The first-order valence-corrected chi connectivity index (χ1v) is 5.79. The molecule has 9 heteroatoms. The molecule has 1 radical (unpaired) electrons. The van der Waals surface area contributed by atoms with Crippen molar-refractivity contribution in [2.75, 3.05) is 6.61 Å². The third-order valence-electron chi connectivity index (χ3n) is 3.23. The van der Waals surface area contributed by atoms with E-state index in [4.69, 9.17) is 9.84 Å². The Hall–Kier alpha value is -0.536. The van der Waals surface area contributed by atoms with E-state index in [0.717, 1.165) is 0 Å². The van der Waals surface area contributed by atoms with Crippen LogP contribution in [0, 0.1) is 13.3 Å². The molecule has 1 aliphatic heterocycles. The van der Waals surface area contributed by atoms with Gasteiger partial charge in [0.2, 0.25) is 0 Å². The number of alkyl halides is 1. The van der Waals surface area contributed by atoms with Crippen molar-refractivity contribution in [3.05, 3.63) is 18.3 Å². The van der Waals surface area contributed by atoms with E-state index in [9.17, 15) is 9.50 Å². The van der Waals surface area contributed by atoms with Crippen molar-refractivity contribution in [3.63, 3.8) is 0 Å². The molecule has 0 amide bonds. The van der Waals surface area contributed by atoms with Gasteiger partial charge in [0.15, 0.2) is 12.4 Å². The fourth-order valence-corrected chi connectivity index (χ4v) is 2.19. The first kappa shape index (κ1) is 15.8. The van der Waals surface area contributed by atoms with Crippen LogP contribution >= 0.6 is 0 Å². The van der Waals surface area contributed by atoms with Gasteiger partial charge in [0.25, 0.3) is 0 Å². The van der Waals surface area contributed by atoms with E-state index in [1.807, 2.05) is 0 Å². The average Bonchev–Trinajstić information content (AvgIpc) is 2.94. The molecule has 3 rings (SSSR count). The van der Waals surface area contributed by atoms with Crippen LogP contribution in [0.2, 0.25) is 0 Å². The van der Waals surface area contributed by atoms with E-state index >= 15 is 0 Å². The van der Waals surface area contributed by atoms with Crippen molar-refractivity contribution >= 4 is 11.2 Å². The molecule has 0 bridgehead atoms. The summed E-state index contributed by atoms with van der Waals surface area (Å²) < 4.78 is 20.7. The van der Waals surface area contributed by atoms with Gasteiger partial charge < -0.3 is 29.5 Å². The van der Waals surface area contributed by atoms with Gasteiger partial charge in [0, 0.05) is 44.6 Å². The molecule has 0 aliphatic carbocycles. The van der Waals surface area contributed by atoms with Crippen molar-refractivity contribution in [3.8, 4) is 0 Å². The minimum Gasteiger partial charge on any atom is -0.394 e. The van der Waals surface area contributed by atoms with Crippen molar-refractivity contribution in [2.45, 2.75) is 31.5 Å². The monoisotopic (exact) mass is 356 g/mol. The first-order valence-electron chi connectivity index (χ1n) is 5.79. The second-order valence-corrected chi connectivity index (χ2v) is 4.42. The predicted molar refractivity (Wildman–Crippen MR) is 60.8 cm³/mol. The van der Waals surface area contributed by atoms with E-state index in [-0.39, 0.29) is 32.7 Å². The molecule has 1 unspecified atom stereocenters. The Morgan fingerprint density at radius 1 is 1.50 bits per heavy atom. The molecular formula is C11H12FN4O3Y-. The minimum absolute atomic E-state index is 0. The maximum absolute atomic E-state index is 14.0. The summed E-state index contributed by atoms with van der Waals surface area (Å²) >= 11 is 0. The van der Waals surface area contributed by atoms with Gasteiger partial charge in [-0.3, -0.25) is 4.98 Å². The van der Waals surface area contributed by atoms with Gasteiger partial charge in [-0.1, -0.05) is 6.92 Å². The van der Waals surface area contributed by atoms with Gasteiger partial charge in [0.1, 0.15) is 12.2 Å². The van der Waals surface area contributed by atoms with Gasteiger partial charge in [-0.25, -0.2) is 4.39 Å². The molecule has 2 N–H and O–H groups in total. The van der Waals surface area contributed by atoms with Crippen molar-refractivity contribution in [1.82, 2.24) is 19.5 Å². The van der Waals surface area contributed by atoms with Crippen molar-refractivity contribution < 1.29 is 52.0 Å². The number of aliphatic hydroxyl groups excluding tert-OH is 2. The maximum atomic E-state index is 14.0. The molecule has 4 atom stereocenters. The number of ether oxygens (including phenoxy) is 1. The van der Waals surface area contributed by atoms with Crippen LogP contribution in [0.25, 0.3) is 11.2 Å². The molecule has 0 spiro atoms. The maximum Gasteiger partial charge on any atom is 0.172 e. The fraction of sp³-hybridized carbons (Fsp3) is 0.545. The van der Waals surface area contributed by atoms with Gasteiger partial charge in [0.05, 0.1) is 18.6 Å². The molecule has 0 saturated carbocycles. The van der Waals surface area contributed by atoms with Crippen LogP contribution in [0.5, 0.6) is 0 Å². The molecule has 2 aromatic rings. The number of aryl methyl sites for hydroxylation is 1. The van der Waals surface area contributed by atoms with Crippen molar-refractivity contribution in [2.24, 2.45) is 0 Å². The van der Waals surface area contributed by atoms with Crippen LogP contribution in [-0.2, 0) is 37.4 Å². The van der Waals surface area contributed by atoms with Crippen LogP contribution in [0.3, 0.4) is 0 Å². The summed E-state index contributed by atoms with van der Waals surface area (Å²) in [6.45, 7) is 1.29. The summed E-state index contributed by atoms with van der Waals surface area (Å²) in [6, 6.07) is 0. The summed E-state index contributed by atoms with van der Waals surface area (Å²) in [4.78, 5) is 11.9. The SMILES string of the molecule is Cc1n[c-]nc2c1ncn2[C@@H]1O[C@H](CO)[C@H](O)C1F.[Y]. The molecule has 7 nitrogen and oxygen atoms in total. The molecule has 2 aromatic heterocycles. The number of halogens is 1. The second kappa shape index (κ2) is 6.07. The zero-order chi connectivity index (χ0) is 13.6. The number of imidazole rings is 1. The van der Waals surface area contributed by atoms with E-state index in [1.54, 1.807) is 6.92 Å². The third-order valence-corrected chi connectivity index (χ3v) is 3.23. The standard InChI is InChI=1S/C11H12FN4O3.Y/c1-5-8-10(14-3-13-5)16(4-15-8)11-7(12)9(18)6(2-17)19-11;/h4,6-7,9,11,17-18H,2H2,1H3;/q-1;/t6-,7?,9+,11-;/m1./s1. The predicted octanol–water partition coefficient (Wildman–Crippen LogP) is -0.479. The summed E-state index contributed by atoms with van der Waals surface area (Å²) in [7, 11) is 0. The zero-order valence-electron chi connectivity index (χ0n) is 10.6. The Labute approximate surface area is 139 Å². The number of rotatable bonds is 2. The fourth-order valence-electron chi connectivity index (χ4n) is 2.19. The quantitative estimate of drug-likeness (QED) is 0.707. The van der Waals surface area contributed by atoms with Crippen LogP contribution in [-0.4, -0.2) is 54.7 Å². The van der Waals surface area contributed by atoms with E-state index in [1.165, 1.54) is 10.9 Å². The summed E-state index contributed by atoms with van der Waals surface area (Å²) in [5.41, 5.74) is 1.53. The van der Waals surface area contributed by atoms with Crippen LogP contribution < -0.4 is 0 Å². The smallest absolute Gasteiger partial charge is 0.172 e. The number of hydrogen-bond donors (Lipinski definition) is 2. The number of aromatic nitrogens is 4. The second-order valence-electron chi connectivity index (χ2n) is 4.42. The van der Waals surface area contributed by atoms with Crippen LogP contribution in [0.4, 0.5) is 4.39 Å². The molecule has 3 heterocycles.